The van der Waals surface area contributed by atoms with Crippen LogP contribution in [0.2, 0.25) is 0 Å². The van der Waals surface area contributed by atoms with Crippen LogP contribution in [0.25, 0.3) is 0 Å². The zero-order chi connectivity index (χ0) is 12.3. The van der Waals surface area contributed by atoms with Gasteiger partial charge in [0.05, 0.1) is 10.0 Å². The van der Waals surface area contributed by atoms with Gasteiger partial charge in [0.25, 0.3) is 5.91 Å². The van der Waals surface area contributed by atoms with Crippen molar-refractivity contribution in [2.24, 2.45) is 0 Å². The molecule has 0 saturated heterocycles. The van der Waals surface area contributed by atoms with E-state index in [0.717, 1.165) is 19.3 Å². The van der Waals surface area contributed by atoms with E-state index >= 15 is 0 Å². The Labute approximate surface area is 108 Å². The van der Waals surface area contributed by atoms with Crippen LogP contribution in [0.4, 0.5) is 4.39 Å². The average molecular weight is 298 g/mol. The molecular weight excluding hydrogens is 285 g/mol. The van der Waals surface area contributed by atoms with Crippen LogP contribution < -0.4 is 5.32 Å². The van der Waals surface area contributed by atoms with E-state index in [1.165, 1.54) is 12.1 Å². The summed E-state index contributed by atoms with van der Waals surface area (Å²) in [5.74, 6) is -0.641. The minimum atomic E-state index is -0.416. The Morgan fingerprint density at radius 3 is 2.94 bits per heavy atom. The fourth-order valence-electron chi connectivity index (χ4n) is 1.87. The lowest BCUT2D eigenvalue weighted by Gasteiger charge is -2.19. The second-order valence-electron chi connectivity index (χ2n) is 4.06. The Morgan fingerprint density at radius 1 is 1.41 bits per heavy atom. The maximum absolute atomic E-state index is 13.3. The number of hydrogen-bond donors (Lipinski definition) is 1. The van der Waals surface area contributed by atoms with Crippen molar-refractivity contribution in [3.05, 3.63) is 46.2 Å². The van der Waals surface area contributed by atoms with E-state index in [1.807, 2.05) is 0 Å². The number of allylic oxidation sites excluding steroid dienone is 1. The fraction of sp³-hybridized carbons (Fsp3) is 0.308. The SMILES string of the molecule is O=C(NC1CC=CCC1)c1cccc(F)c1Br. The van der Waals surface area contributed by atoms with Crippen LogP contribution in [-0.4, -0.2) is 11.9 Å². The summed E-state index contributed by atoms with van der Waals surface area (Å²) in [6.45, 7) is 0. The minimum Gasteiger partial charge on any atom is -0.349 e. The standard InChI is InChI=1S/C13H13BrFNO/c14-12-10(7-4-8-11(12)15)13(17)16-9-5-2-1-3-6-9/h1-2,4,7-9H,3,5-6H2,(H,16,17). The first kappa shape index (κ1) is 12.3. The molecule has 1 N–H and O–H groups in total. The van der Waals surface area contributed by atoms with Gasteiger partial charge in [0.1, 0.15) is 5.82 Å². The number of rotatable bonds is 2. The maximum atomic E-state index is 13.3. The molecule has 4 heteroatoms. The summed E-state index contributed by atoms with van der Waals surface area (Å²) in [6, 6.07) is 4.63. The van der Waals surface area contributed by atoms with Crippen molar-refractivity contribution in [1.29, 1.82) is 0 Å². The molecule has 0 radical (unpaired) electrons. The van der Waals surface area contributed by atoms with Gasteiger partial charge in [-0.25, -0.2) is 4.39 Å². The van der Waals surface area contributed by atoms with E-state index in [1.54, 1.807) is 6.07 Å². The third-order valence-corrected chi connectivity index (χ3v) is 3.61. The molecule has 1 amide bonds. The lowest BCUT2D eigenvalue weighted by molar-refractivity contribution is 0.0933. The zero-order valence-corrected chi connectivity index (χ0v) is 10.8. The Bertz CT molecular complexity index is 459. The quantitative estimate of drug-likeness (QED) is 0.833. The highest BCUT2D eigenvalue weighted by Crippen LogP contribution is 2.21. The van der Waals surface area contributed by atoms with Crippen LogP contribution in [0.15, 0.2) is 34.8 Å². The molecule has 2 nitrogen and oxygen atoms in total. The van der Waals surface area contributed by atoms with Gasteiger partial charge in [0, 0.05) is 6.04 Å². The Balaban J connectivity index is 2.09. The molecule has 17 heavy (non-hydrogen) atoms. The Hall–Kier alpha value is -1.16. The molecule has 0 bridgehead atoms. The Morgan fingerprint density at radius 2 is 2.24 bits per heavy atom. The molecule has 0 aromatic heterocycles. The molecule has 1 atom stereocenters. The number of carbonyl (C=O) groups is 1. The zero-order valence-electron chi connectivity index (χ0n) is 9.25. The van der Waals surface area contributed by atoms with Crippen molar-refractivity contribution in [2.45, 2.75) is 25.3 Å². The van der Waals surface area contributed by atoms with Crippen molar-refractivity contribution in [3.63, 3.8) is 0 Å². The number of halogens is 2. The molecule has 0 fully saturated rings. The number of nitrogens with one attached hydrogen (secondary N) is 1. The van der Waals surface area contributed by atoms with Crippen LogP contribution in [0.1, 0.15) is 29.6 Å². The largest absolute Gasteiger partial charge is 0.349 e. The van der Waals surface area contributed by atoms with Crippen molar-refractivity contribution in [3.8, 4) is 0 Å². The van der Waals surface area contributed by atoms with E-state index in [9.17, 15) is 9.18 Å². The predicted octanol–water partition coefficient (Wildman–Crippen LogP) is 3.43. The second-order valence-corrected chi connectivity index (χ2v) is 4.85. The highest BCUT2D eigenvalue weighted by molar-refractivity contribution is 9.10. The van der Waals surface area contributed by atoms with Gasteiger partial charge in [0.15, 0.2) is 0 Å². The number of amides is 1. The Kier molecular flexibility index (Phi) is 3.94. The second kappa shape index (κ2) is 5.45. The summed E-state index contributed by atoms with van der Waals surface area (Å²) in [6.07, 6.45) is 6.94. The van der Waals surface area contributed by atoms with Crippen LogP contribution in [-0.2, 0) is 0 Å². The molecule has 2 rings (SSSR count). The summed E-state index contributed by atoms with van der Waals surface area (Å²) in [7, 11) is 0. The lowest BCUT2D eigenvalue weighted by atomic mass is 10.0. The molecule has 90 valence electrons. The van der Waals surface area contributed by atoms with Crippen molar-refractivity contribution >= 4 is 21.8 Å². The van der Waals surface area contributed by atoms with Gasteiger partial charge >= 0.3 is 0 Å². The number of hydrogen-bond acceptors (Lipinski definition) is 1. The third kappa shape index (κ3) is 2.94. The molecule has 1 unspecified atom stereocenters. The highest BCUT2D eigenvalue weighted by Gasteiger charge is 2.17. The van der Waals surface area contributed by atoms with Crippen LogP contribution >= 0.6 is 15.9 Å². The smallest absolute Gasteiger partial charge is 0.252 e. The van der Waals surface area contributed by atoms with Crippen LogP contribution in [0.3, 0.4) is 0 Å². The van der Waals surface area contributed by atoms with Crippen LogP contribution in [0, 0.1) is 5.82 Å². The molecule has 1 aromatic carbocycles. The van der Waals surface area contributed by atoms with Gasteiger partial charge < -0.3 is 5.32 Å². The summed E-state index contributed by atoms with van der Waals surface area (Å²) < 4.78 is 13.5. The average Bonchev–Trinajstić information content (AvgIpc) is 2.34. The van der Waals surface area contributed by atoms with Gasteiger partial charge in [-0.2, -0.15) is 0 Å². The van der Waals surface area contributed by atoms with Crippen molar-refractivity contribution < 1.29 is 9.18 Å². The molecule has 0 spiro atoms. The first-order valence-electron chi connectivity index (χ1n) is 5.58. The first-order chi connectivity index (χ1) is 8.18. The van der Waals surface area contributed by atoms with Gasteiger partial charge in [0.2, 0.25) is 0 Å². The van der Waals surface area contributed by atoms with E-state index in [2.05, 4.69) is 33.4 Å². The summed E-state index contributed by atoms with van der Waals surface area (Å²) >= 11 is 3.10. The summed E-state index contributed by atoms with van der Waals surface area (Å²) in [4.78, 5) is 12.0. The van der Waals surface area contributed by atoms with Gasteiger partial charge in [-0.05, 0) is 47.3 Å². The van der Waals surface area contributed by atoms with E-state index in [-0.39, 0.29) is 16.4 Å². The highest BCUT2D eigenvalue weighted by atomic mass is 79.9. The van der Waals surface area contributed by atoms with Gasteiger partial charge in [-0.15, -0.1) is 0 Å². The van der Waals surface area contributed by atoms with Gasteiger partial charge in [-0.3, -0.25) is 4.79 Å². The molecule has 1 aliphatic carbocycles. The van der Waals surface area contributed by atoms with Gasteiger partial charge in [-0.1, -0.05) is 18.2 Å². The predicted molar refractivity (Wildman–Crippen MR) is 68.3 cm³/mol. The lowest BCUT2D eigenvalue weighted by Crippen LogP contribution is -2.35. The van der Waals surface area contributed by atoms with E-state index < -0.39 is 5.82 Å². The topological polar surface area (TPSA) is 29.1 Å². The van der Waals surface area contributed by atoms with E-state index in [4.69, 9.17) is 0 Å². The summed E-state index contributed by atoms with van der Waals surface area (Å²) in [5.41, 5.74) is 0.347. The van der Waals surface area contributed by atoms with Crippen LogP contribution in [0.5, 0.6) is 0 Å². The number of benzene rings is 1. The normalized spacial score (nSPS) is 19.1. The van der Waals surface area contributed by atoms with Crippen molar-refractivity contribution in [1.82, 2.24) is 5.32 Å². The van der Waals surface area contributed by atoms with E-state index in [0.29, 0.717) is 5.56 Å². The fourth-order valence-corrected chi connectivity index (χ4v) is 2.31. The molecule has 1 aliphatic rings. The molecular formula is C13H13BrFNO. The monoisotopic (exact) mass is 297 g/mol. The third-order valence-electron chi connectivity index (χ3n) is 2.80. The first-order valence-corrected chi connectivity index (χ1v) is 6.37. The molecule has 0 heterocycles. The summed E-state index contributed by atoms with van der Waals surface area (Å²) in [5, 5.41) is 2.92. The maximum Gasteiger partial charge on any atom is 0.252 e. The molecule has 0 saturated carbocycles. The molecule has 1 aromatic rings. The number of carbonyl (C=O) groups excluding carboxylic acids is 1. The van der Waals surface area contributed by atoms with Crippen molar-refractivity contribution in [2.75, 3.05) is 0 Å². The molecule has 0 aliphatic heterocycles. The minimum absolute atomic E-state index is 0.155.